The first-order valence-electron chi connectivity index (χ1n) is 0.309. The molecule has 0 unspecified atom stereocenters. The van der Waals surface area contributed by atoms with E-state index in [0.29, 0.717) is 0 Å². The van der Waals surface area contributed by atoms with E-state index in [1.807, 2.05) is 0 Å². The van der Waals surface area contributed by atoms with E-state index in [0.717, 1.165) is 0 Å². The molecule has 0 atom stereocenters. The Morgan fingerprint density at radius 2 is 1.40 bits per heavy atom. The molecule has 1 nitrogen and oxygen atoms in total. The molecule has 0 heterocycles. The van der Waals surface area contributed by atoms with Crippen LogP contribution in [0.1, 0.15) is 4.28 Å². The summed E-state index contributed by atoms with van der Waals surface area (Å²) in [6.45, 7) is 0. The Balaban J connectivity index is -0.00000000200. The Labute approximate surface area is 97.4 Å². The maximum atomic E-state index is 4.26. The largest absolute Gasteiger partial charge is 2.00 e. The summed E-state index contributed by atoms with van der Waals surface area (Å²) in [5.41, 5.74) is 0. The van der Waals surface area contributed by atoms with E-state index in [2.05, 4.69) is 27.6 Å². The van der Waals surface area contributed by atoms with Crippen molar-refractivity contribution in [1.29, 1.82) is 0 Å². The molecule has 0 bridgehead atoms. The molecule has 0 aliphatic heterocycles. The third-order valence-electron chi connectivity index (χ3n) is 0. The summed E-state index contributed by atoms with van der Waals surface area (Å²) in [4.78, 5) is 0. The molecule has 5 heavy (non-hydrogen) atoms. The first kappa shape index (κ1) is 15.7. The minimum absolute atomic E-state index is 0. The zero-order valence-corrected chi connectivity index (χ0v) is 8.59. The van der Waals surface area contributed by atoms with Crippen LogP contribution in [0.3, 0.4) is 0 Å². The van der Waals surface area contributed by atoms with Crippen LogP contribution in [0, 0.1) is 0 Å². The Hall–Kier alpha value is 2.80. The van der Waals surface area contributed by atoms with Gasteiger partial charge in [0.2, 0.25) is 0 Å². The van der Waals surface area contributed by atoms with E-state index in [1.165, 1.54) is 0 Å². The molecule has 0 aromatic carbocycles. The minimum Gasteiger partial charge on any atom is -1.00 e. The minimum atomic E-state index is 0. The van der Waals surface area contributed by atoms with Gasteiger partial charge in [0, 0.05) is 0 Å². The fourth-order valence-corrected chi connectivity index (χ4v) is 0. The number of rotatable bonds is 0. The van der Waals surface area contributed by atoms with Crippen molar-refractivity contribution in [3.8, 4) is 0 Å². The Morgan fingerprint density at radius 3 is 1.40 bits per heavy atom. The van der Waals surface area contributed by atoms with Gasteiger partial charge in [0.05, 0.1) is 23.7 Å². The maximum Gasteiger partial charge on any atom is 2.00 e. The zero-order valence-electron chi connectivity index (χ0n) is 5.87. The molecule has 0 fully saturated rings. The summed E-state index contributed by atoms with van der Waals surface area (Å²) in [6, 6.07) is 0. The summed E-state index contributed by atoms with van der Waals surface area (Å²) >= 11 is 8.53. The van der Waals surface area contributed by atoms with Crippen LogP contribution in [0.4, 0.5) is 0 Å². The van der Waals surface area contributed by atoms with Crippen LogP contribution in [0.15, 0.2) is 0 Å². The van der Waals surface area contributed by atoms with E-state index in [9.17, 15) is 0 Å². The van der Waals surface area contributed by atoms with Gasteiger partial charge in [-0.3, -0.25) is 0 Å². The monoisotopic (exact) mass is 152 g/mol. The molecule has 0 saturated carbocycles. The predicted octanol–water partition coefficient (Wildman–Crippen LogP) is -1.73. The van der Waals surface area contributed by atoms with E-state index in [1.54, 1.807) is 0 Å². The molecular formula is H3CaCl2NaO. The average molecular weight is 153 g/mol. The Morgan fingerprint density at radius 1 is 1.40 bits per heavy atom. The van der Waals surface area contributed by atoms with Crippen molar-refractivity contribution >= 4 is 61.5 Å². The number of hydrogen-bond acceptors (Lipinski definition) is 1. The molecule has 0 rings (SSSR count). The second-order valence-corrected chi connectivity index (χ2v) is 0.525. The van der Waals surface area contributed by atoms with Crippen LogP contribution in [-0.4, -0.2) is 37.7 Å². The third-order valence-corrected chi connectivity index (χ3v) is 0. The summed E-state index contributed by atoms with van der Waals surface area (Å²) < 4.78 is 3.19. The van der Waals surface area contributed by atoms with Crippen LogP contribution in [0.5, 0.6) is 0 Å². The molecule has 5 heteroatoms. The molecule has 0 radical (unpaired) electrons. The molecule has 0 spiro atoms. The molecule has 0 saturated heterocycles. The predicted molar refractivity (Wildman–Crippen MR) is 21.9 cm³/mol. The quantitative estimate of drug-likeness (QED) is 0.376. The second-order valence-electron chi connectivity index (χ2n) is 0.0583. The molecule has 0 aromatic heterocycles. The summed E-state index contributed by atoms with van der Waals surface area (Å²) in [6.07, 6.45) is 0. The molecule has 0 amide bonds. The van der Waals surface area contributed by atoms with Crippen molar-refractivity contribution in [1.82, 2.24) is 0 Å². The summed E-state index contributed by atoms with van der Waals surface area (Å²) in [7, 11) is 0. The molecule has 26 valence electrons. The molecule has 0 aliphatic rings. The summed E-state index contributed by atoms with van der Waals surface area (Å²) in [5, 5.41) is 0. The van der Waals surface area contributed by atoms with Crippen LogP contribution in [0.25, 0.3) is 0 Å². The maximum absolute atomic E-state index is 4.26. The van der Waals surface area contributed by atoms with Crippen molar-refractivity contribution in [2.24, 2.45) is 0 Å². The van der Waals surface area contributed by atoms with Crippen molar-refractivity contribution in [2.75, 3.05) is 0 Å². The van der Waals surface area contributed by atoms with Crippen LogP contribution in [0.2, 0.25) is 0 Å². The fraction of sp³-hybridized carbons (Fsp3) is 0. The van der Waals surface area contributed by atoms with E-state index < -0.39 is 0 Å². The van der Waals surface area contributed by atoms with Gasteiger partial charge < -0.3 is 4.28 Å². The average Bonchev–Trinajstić information content (AvgIpc) is 0.918. The van der Waals surface area contributed by atoms with Crippen molar-refractivity contribution in [2.45, 2.75) is 0 Å². The number of halogens is 2. The van der Waals surface area contributed by atoms with Gasteiger partial charge >= 0.3 is 67.3 Å². The first-order chi connectivity index (χ1) is 1.41. The molecule has 0 aliphatic carbocycles. The third kappa shape index (κ3) is 20.0. The van der Waals surface area contributed by atoms with Gasteiger partial charge in [0.1, 0.15) is 0 Å². The fourth-order valence-electron chi connectivity index (χ4n) is 0. The van der Waals surface area contributed by atoms with Gasteiger partial charge in [0.25, 0.3) is 0 Å². The van der Waals surface area contributed by atoms with Crippen molar-refractivity contribution in [3.63, 3.8) is 0 Å². The zero-order chi connectivity index (χ0) is 2.71. The Bertz CT molecular complexity index is 17.2. The topological polar surface area (TPSA) is 9.23 Å². The van der Waals surface area contributed by atoms with E-state index in [4.69, 9.17) is 0 Å². The molecule has 0 aromatic rings. The molecular weight excluding hydrogens is 150 g/mol. The van der Waals surface area contributed by atoms with Gasteiger partial charge in [0.15, 0.2) is 0 Å². The van der Waals surface area contributed by atoms with Gasteiger partial charge in [-0.05, 0) is 0 Å². The van der Waals surface area contributed by atoms with Gasteiger partial charge in [-0.1, -0.05) is 0 Å². The molecule has 0 N–H and O–H groups in total. The Kier molecular flexibility index (Phi) is 49.6. The van der Waals surface area contributed by atoms with Crippen LogP contribution < -0.4 is 29.6 Å². The summed E-state index contributed by atoms with van der Waals surface area (Å²) in [5.74, 6) is 0. The van der Waals surface area contributed by atoms with Gasteiger partial charge in [-0.2, -0.15) is 3.84 Å². The normalized spacial score (nSPS) is 3.60. The van der Waals surface area contributed by atoms with E-state index >= 15 is 0 Å². The smallest absolute Gasteiger partial charge is 1.00 e. The van der Waals surface area contributed by atoms with Gasteiger partial charge in [-0.15, -0.1) is 0 Å². The second kappa shape index (κ2) is 15.8. The van der Waals surface area contributed by atoms with Crippen LogP contribution >= 0.6 is 23.7 Å². The number of hydrogen-bond donors (Lipinski definition) is 0. The van der Waals surface area contributed by atoms with Gasteiger partial charge in [-0.25, -0.2) is 0 Å². The standard InChI is InChI=1S/Ca.Cl2O.Na.3H/c;1-3-2;;;;/q+2;;+1;3*-1. The van der Waals surface area contributed by atoms with Crippen molar-refractivity contribution in [3.05, 3.63) is 0 Å². The van der Waals surface area contributed by atoms with Crippen molar-refractivity contribution < 1.29 is 37.7 Å². The van der Waals surface area contributed by atoms with Crippen LogP contribution in [-0.2, 0) is 3.84 Å². The van der Waals surface area contributed by atoms with E-state index in [-0.39, 0.29) is 71.6 Å². The SMILES string of the molecule is ClOCl.[Ca+2].[H-].[H-].[H-].[Na+]. The first-order valence-corrected chi connectivity index (χ1v) is 0.926.